The SMILES string of the molecule is CN=CC1CCNCC1. The maximum absolute atomic E-state index is 4.01. The molecular weight excluding hydrogens is 112 g/mol. The van der Waals surface area contributed by atoms with Crippen molar-refractivity contribution in [3.05, 3.63) is 0 Å². The van der Waals surface area contributed by atoms with Gasteiger partial charge in [-0.2, -0.15) is 0 Å². The molecule has 1 aliphatic rings. The molecule has 1 aliphatic heterocycles. The molecule has 0 radical (unpaired) electrons. The van der Waals surface area contributed by atoms with Crippen LogP contribution in [0.2, 0.25) is 0 Å². The van der Waals surface area contributed by atoms with Gasteiger partial charge in [-0.25, -0.2) is 0 Å². The van der Waals surface area contributed by atoms with Gasteiger partial charge in [-0.15, -0.1) is 0 Å². The molecule has 2 heteroatoms. The van der Waals surface area contributed by atoms with Gasteiger partial charge in [-0.05, 0) is 31.8 Å². The number of nitrogens with one attached hydrogen (secondary N) is 1. The smallest absolute Gasteiger partial charge is 0.0273 e. The van der Waals surface area contributed by atoms with Crippen molar-refractivity contribution in [2.24, 2.45) is 10.9 Å². The number of rotatable bonds is 1. The van der Waals surface area contributed by atoms with E-state index in [9.17, 15) is 0 Å². The minimum Gasteiger partial charge on any atom is -0.317 e. The summed E-state index contributed by atoms with van der Waals surface area (Å²) in [7, 11) is 1.85. The second-order valence-corrected chi connectivity index (χ2v) is 2.49. The zero-order chi connectivity index (χ0) is 6.53. The fourth-order valence-corrected chi connectivity index (χ4v) is 1.20. The number of nitrogens with zero attached hydrogens (tertiary/aromatic N) is 1. The highest BCUT2D eigenvalue weighted by atomic mass is 14.9. The van der Waals surface area contributed by atoms with E-state index in [4.69, 9.17) is 0 Å². The molecule has 1 fully saturated rings. The maximum Gasteiger partial charge on any atom is 0.0273 e. The van der Waals surface area contributed by atoms with E-state index in [-0.39, 0.29) is 0 Å². The predicted molar refractivity (Wildman–Crippen MR) is 40.0 cm³/mol. The summed E-state index contributed by atoms with van der Waals surface area (Å²) in [6, 6.07) is 0. The highest BCUT2D eigenvalue weighted by Crippen LogP contribution is 2.07. The molecule has 0 aromatic heterocycles. The molecule has 0 saturated carbocycles. The van der Waals surface area contributed by atoms with E-state index in [1.807, 2.05) is 7.05 Å². The highest BCUT2D eigenvalue weighted by Gasteiger charge is 2.08. The third-order valence-corrected chi connectivity index (χ3v) is 1.74. The molecule has 0 aromatic carbocycles. The van der Waals surface area contributed by atoms with Crippen LogP contribution in [0.1, 0.15) is 12.8 Å². The van der Waals surface area contributed by atoms with Gasteiger partial charge in [0, 0.05) is 13.3 Å². The van der Waals surface area contributed by atoms with Crippen molar-refractivity contribution in [1.82, 2.24) is 5.32 Å². The summed E-state index contributed by atoms with van der Waals surface area (Å²) in [5.74, 6) is 0.747. The summed E-state index contributed by atoms with van der Waals surface area (Å²) < 4.78 is 0. The number of hydrogen-bond acceptors (Lipinski definition) is 2. The van der Waals surface area contributed by atoms with Gasteiger partial charge in [-0.3, -0.25) is 0 Å². The molecule has 0 unspecified atom stereocenters. The third kappa shape index (κ3) is 2.14. The molecule has 1 saturated heterocycles. The highest BCUT2D eigenvalue weighted by molar-refractivity contribution is 5.60. The number of piperidine rings is 1. The Kier molecular flexibility index (Phi) is 2.71. The molecular formula is C7H14N2. The molecule has 1 rings (SSSR count). The first-order valence-electron chi connectivity index (χ1n) is 3.56. The van der Waals surface area contributed by atoms with Crippen LogP contribution >= 0.6 is 0 Å². The first-order valence-corrected chi connectivity index (χ1v) is 3.56. The molecule has 9 heavy (non-hydrogen) atoms. The van der Waals surface area contributed by atoms with Crippen molar-refractivity contribution < 1.29 is 0 Å². The molecule has 52 valence electrons. The number of aliphatic imine (C=N–C) groups is 1. The van der Waals surface area contributed by atoms with Gasteiger partial charge in [0.2, 0.25) is 0 Å². The lowest BCUT2D eigenvalue weighted by molar-refractivity contribution is 0.462. The minimum absolute atomic E-state index is 0.747. The van der Waals surface area contributed by atoms with Gasteiger partial charge in [-0.1, -0.05) is 0 Å². The van der Waals surface area contributed by atoms with E-state index in [1.165, 1.54) is 12.8 Å². The zero-order valence-electron chi connectivity index (χ0n) is 5.93. The van der Waals surface area contributed by atoms with Crippen LogP contribution in [0, 0.1) is 5.92 Å². The summed E-state index contributed by atoms with van der Waals surface area (Å²) in [6.07, 6.45) is 4.59. The Hall–Kier alpha value is -0.370. The van der Waals surface area contributed by atoms with Crippen molar-refractivity contribution in [2.75, 3.05) is 20.1 Å². The second-order valence-electron chi connectivity index (χ2n) is 2.49. The van der Waals surface area contributed by atoms with Crippen LogP contribution in [-0.2, 0) is 0 Å². The number of hydrogen-bond donors (Lipinski definition) is 1. The Morgan fingerprint density at radius 2 is 2.11 bits per heavy atom. The minimum atomic E-state index is 0.747. The Morgan fingerprint density at radius 3 is 2.67 bits per heavy atom. The summed E-state index contributed by atoms with van der Waals surface area (Å²) in [6.45, 7) is 2.33. The van der Waals surface area contributed by atoms with Gasteiger partial charge < -0.3 is 10.3 Å². The summed E-state index contributed by atoms with van der Waals surface area (Å²) in [5.41, 5.74) is 0. The van der Waals surface area contributed by atoms with Gasteiger partial charge in [0.25, 0.3) is 0 Å². The largest absolute Gasteiger partial charge is 0.317 e. The van der Waals surface area contributed by atoms with Crippen LogP contribution in [0.4, 0.5) is 0 Å². The van der Waals surface area contributed by atoms with Crippen molar-refractivity contribution in [2.45, 2.75) is 12.8 Å². The van der Waals surface area contributed by atoms with Crippen LogP contribution in [0.5, 0.6) is 0 Å². The lowest BCUT2D eigenvalue weighted by Crippen LogP contribution is -2.28. The van der Waals surface area contributed by atoms with Crippen LogP contribution in [0.25, 0.3) is 0 Å². The van der Waals surface area contributed by atoms with Gasteiger partial charge >= 0.3 is 0 Å². The first-order chi connectivity index (χ1) is 4.43. The summed E-state index contributed by atoms with van der Waals surface area (Å²) >= 11 is 0. The van der Waals surface area contributed by atoms with Crippen molar-refractivity contribution in [1.29, 1.82) is 0 Å². The summed E-state index contributed by atoms with van der Waals surface area (Å²) in [5, 5.41) is 3.31. The Labute approximate surface area is 56.4 Å². The molecule has 2 nitrogen and oxygen atoms in total. The molecule has 0 bridgehead atoms. The van der Waals surface area contributed by atoms with Crippen molar-refractivity contribution in [3.8, 4) is 0 Å². The van der Waals surface area contributed by atoms with Gasteiger partial charge in [0.15, 0.2) is 0 Å². The standard InChI is InChI=1S/C7H14N2/c1-8-6-7-2-4-9-5-3-7/h6-7,9H,2-5H2,1H3. The van der Waals surface area contributed by atoms with Gasteiger partial charge in [0.05, 0.1) is 0 Å². The molecule has 0 aromatic rings. The van der Waals surface area contributed by atoms with Gasteiger partial charge in [0.1, 0.15) is 0 Å². The van der Waals surface area contributed by atoms with Crippen LogP contribution in [0.3, 0.4) is 0 Å². The van der Waals surface area contributed by atoms with E-state index < -0.39 is 0 Å². The van der Waals surface area contributed by atoms with Crippen LogP contribution < -0.4 is 5.32 Å². The molecule has 0 amide bonds. The lowest BCUT2D eigenvalue weighted by atomic mass is 10.00. The zero-order valence-corrected chi connectivity index (χ0v) is 5.93. The molecule has 1 N–H and O–H groups in total. The van der Waals surface area contributed by atoms with Crippen molar-refractivity contribution >= 4 is 6.21 Å². The lowest BCUT2D eigenvalue weighted by Gasteiger charge is -2.17. The predicted octanol–water partition coefficient (Wildman–Crippen LogP) is 0.687. The first kappa shape index (κ1) is 6.75. The quantitative estimate of drug-likeness (QED) is 0.513. The second kappa shape index (κ2) is 3.62. The molecule has 1 heterocycles. The Morgan fingerprint density at radius 1 is 1.44 bits per heavy atom. The average Bonchev–Trinajstić information content (AvgIpc) is 1.91. The van der Waals surface area contributed by atoms with Crippen LogP contribution in [0.15, 0.2) is 4.99 Å². The molecule has 0 atom stereocenters. The maximum atomic E-state index is 4.01. The van der Waals surface area contributed by atoms with E-state index in [0.717, 1.165) is 19.0 Å². The Bertz CT molecular complexity index is 93.1. The third-order valence-electron chi connectivity index (χ3n) is 1.74. The van der Waals surface area contributed by atoms with E-state index in [0.29, 0.717) is 0 Å². The van der Waals surface area contributed by atoms with Crippen LogP contribution in [-0.4, -0.2) is 26.4 Å². The monoisotopic (exact) mass is 126 g/mol. The fraction of sp³-hybridized carbons (Fsp3) is 0.857. The van der Waals surface area contributed by atoms with Crippen molar-refractivity contribution in [3.63, 3.8) is 0 Å². The van der Waals surface area contributed by atoms with E-state index in [1.54, 1.807) is 0 Å². The average molecular weight is 126 g/mol. The normalized spacial score (nSPS) is 23.2. The Balaban J connectivity index is 2.23. The fourth-order valence-electron chi connectivity index (χ4n) is 1.20. The van der Waals surface area contributed by atoms with E-state index >= 15 is 0 Å². The topological polar surface area (TPSA) is 24.4 Å². The molecule has 0 spiro atoms. The molecule has 0 aliphatic carbocycles. The summed E-state index contributed by atoms with van der Waals surface area (Å²) in [4.78, 5) is 4.01. The van der Waals surface area contributed by atoms with E-state index in [2.05, 4.69) is 16.5 Å².